The first kappa shape index (κ1) is 23.1. The Morgan fingerprint density at radius 3 is 2.44 bits per heavy atom. The number of hydrogen-bond acceptors (Lipinski definition) is 6. The van der Waals surface area contributed by atoms with Gasteiger partial charge in [0, 0.05) is 43.5 Å². The summed E-state index contributed by atoms with van der Waals surface area (Å²) in [6.07, 6.45) is 1.18. The minimum absolute atomic E-state index is 0.0416. The first-order valence-corrected chi connectivity index (χ1v) is 10.6. The molecule has 1 saturated heterocycles. The van der Waals surface area contributed by atoms with Crippen LogP contribution in [0.25, 0.3) is 0 Å². The number of nitro benzene ring substituents is 1. The second-order valence-electron chi connectivity index (χ2n) is 8.91. The highest BCUT2D eigenvalue weighted by molar-refractivity contribution is 5.68. The van der Waals surface area contributed by atoms with Crippen LogP contribution in [-0.2, 0) is 11.3 Å². The van der Waals surface area contributed by atoms with Crippen molar-refractivity contribution in [3.63, 3.8) is 0 Å². The molecule has 8 nitrogen and oxygen atoms in total. The smallest absolute Gasteiger partial charge is 0.410 e. The lowest BCUT2D eigenvalue weighted by molar-refractivity contribution is -0.384. The molecule has 0 bridgehead atoms. The second-order valence-corrected chi connectivity index (χ2v) is 8.91. The molecule has 0 aliphatic carbocycles. The maximum absolute atomic E-state index is 12.4. The molecule has 0 spiro atoms. The van der Waals surface area contributed by atoms with Crippen molar-refractivity contribution >= 4 is 17.5 Å². The van der Waals surface area contributed by atoms with Crippen molar-refractivity contribution < 1.29 is 14.5 Å². The van der Waals surface area contributed by atoms with E-state index in [1.807, 2.05) is 39.0 Å². The number of nitrogens with zero attached hydrogens (tertiary/aromatic N) is 4. The van der Waals surface area contributed by atoms with Crippen LogP contribution in [0.3, 0.4) is 0 Å². The normalized spacial score (nSPS) is 14.5. The molecule has 1 fully saturated rings. The topological polar surface area (TPSA) is 99.7 Å². The van der Waals surface area contributed by atoms with Crippen LogP contribution in [0.4, 0.5) is 16.2 Å². The van der Waals surface area contributed by atoms with Crippen LogP contribution < -0.4 is 4.90 Å². The van der Waals surface area contributed by atoms with Crippen LogP contribution in [0.1, 0.15) is 44.7 Å². The minimum atomic E-state index is -0.537. The zero-order valence-corrected chi connectivity index (χ0v) is 18.7. The van der Waals surface area contributed by atoms with Gasteiger partial charge in [-0.25, -0.2) is 4.79 Å². The number of anilines is 1. The summed E-state index contributed by atoms with van der Waals surface area (Å²) in [4.78, 5) is 27.0. The van der Waals surface area contributed by atoms with E-state index in [1.165, 1.54) is 12.1 Å². The number of non-ortho nitro benzene ring substituents is 1. The molecule has 1 amide bonds. The molecule has 0 atom stereocenters. The molecule has 0 radical (unpaired) electrons. The number of likely N-dealkylation sites (tertiary alicyclic amines) is 1. The molecular weight excluding hydrogens is 408 g/mol. The predicted octanol–water partition coefficient (Wildman–Crippen LogP) is 4.87. The van der Waals surface area contributed by atoms with Gasteiger partial charge in [-0.15, -0.1) is 0 Å². The molecule has 3 rings (SSSR count). The Labute approximate surface area is 188 Å². The zero-order valence-electron chi connectivity index (χ0n) is 18.7. The number of hydrogen-bond donors (Lipinski definition) is 0. The summed E-state index contributed by atoms with van der Waals surface area (Å²) >= 11 is 0. The number of nitro groups is 1. The lowest BCUT2D eigenvalue weighted by Gasteiger charge is -2.40. The number of nitriles is 1. The van der Waals surface area contributed by atoms with Gasteiger partial charge in [0.1, 0.15) is 5.60 Å². The van der Waals surface area contributed by atoms with Crippen LogP contribution in [0.2, 0.25) is 0 Å². The number of carbonyl (C=O) groups is 1. The van der Waals surface area contributed by atoms with E-state index in [2.05, 4.69) is 11.0 Å². The fraction of sp³-hybridized carbons (Fsp3) is 0.417. The largest absolute Gasteiger partial charge is 0.444 e. The molecule has 2 aromatic rings. The van der Waals surface area contributed by atoms with Crippen molar-refractivity contribution in [2.24, 2.45) is 0 Å². The predicted molar refractivity (Wildman–Crippen MR) is 121 cm³/mol. The summed E-state index contributed by atoms with van der Waals surface area (Å²) in [5, 5.41) is 20.3. The number of amides is 1. The summed E-state index contributed by atoms with van der Waals surface area (Å²) < 4.78 is 5.49. The second kappa shape index (κ2) is 9.69. The third-order valence-electron chi connectivity index (χ3n) is 5.36. The van der Waals surface area contributed by atoms with Crippen molar-refractivity contribution in [2.45, 2.75) is 51.8 Å². The van der Waals surface area contributed by atoms with E-state index in [4.69, 9.17) is 4.74 Å². The Morgan fingerprint density at radius 2 is 1.88 bits per heavy atom. The fourth-order valence-electron chi connectivity index (χ4n) is 3.82. The van der Waals surface area contributed by atoms with Gasteiger partial charge in [-0.3, -0.25) is 10.1 Å². The summed E-state index contributed by atoms with van der Waals surface area (Å²) in [5.41, 5.74) is 1.95. The lowest BCUT2D eigenvalue weighted by Crippen LogP contribution is -2.48. The Balaban J connectivity index is 1.79. The lowest BCUT2D eigenvalue weighted by atomic mass is 10.0. The van der Waals surface area contributed by atoms with Gasteiger partial charge in [0.15, 0.2) is 0 Å². The van der Waals surface area contributed by atoms with E-state index >= 15 is 0 Å². The summed E-state index contributed by atoms with van der Waals surface area (Å²) in [5.74, 6) is 0. The van der Waals surface area contributed by atoms with Gasteiger partial charge in [0.25, 0.3) is 5.69 Å². The third-order valence-corrected chi connectivity index (χ3v) is 5.36. The number of benzene rings is 2. The maximum Gasteiger partial charge on any atom is 0.410 e. The molecule has 0 unspecified atom stereocenters. The monoisotopic (exact) mass is 436 g/mol. The molecule has 0 N–H and O–H groups in total. The molecule has 1 heterocycles. The summed E-state index contributed by atoms with van der Waals surface area (Å²) in [7, 11) is 0. The molecule has 32 heavy (non-hydrogen) atoms. The quantitative estimate of drug-likeness (QED) is 0.490. The van der Waals surface area contributed by atoms with Crippen LogP contribution in [0.5, 0.6) is 0 Å². The Morgan fingerprint density at radius 1 is 1.22 bits per heavy atom. The van der Waals surface area contributed by atoms with Crippen molar-refractivity contribution in [3.8, 4) is 6.07 Å². The van der Waals surface area contributed by atoms with Gasteiger partial charge in [0.05, 0.1) is 16.6 Å². The first-order valence-electron chi connectivity index (χ1n) is 10.6. The van der Waals surface area contributed by atoms with Crippen molar-refractivity contribution in [1.29, 1.82) is 5.26 Å². The maximum atomic E-state index is 12.4. The number of ether oxygens (including phenoxy) is 1. The van der Waals surface area contributed by atoms with Crippen molar-refractivity contribution in [3.05, 3.63) is 69.8 Å². The highest BCUT2D eigenvalue weighted by Gasteiger charge is 2.30. The van der Waals surface area contributed by atoms with Gasteiger partial charge < -0.3 is 14.5 Å². The van der Waals surface area contributed by atoms with E-state index in [-0.39, 0.29) is 17.8 Å². The average molecular weight is 437 g/mol. The number of piperidine rings is 1. The van der Waals surface area contributed by atoms with Crippen molar-refractivity contribution in [2.75, 3.05) is 18.0 Å². The van der Waals surface area contributed by atoms with E-state index in [0.29, 0.717) is 25.2 Å². The van der Waals surface area contributed by atoms with E-state index in [9.17, 15) is 20.2 Å². The molecule has 168 valence electrons. The minimum Gasteiger partial charge on any atom is -0.444 e. The molecule has 0 aromatic heterocycles. The van der Waals surface area contributed by atoms with E-state index in [1.54, 1.807) is 23.1 Å². The highest BCUT2D eigenvalue weighted by Crippen LogP contribution is 2.28. The van der Waals surface area contributed by atoms with Crippen LogP contribution >= 0.6 is 0 Å². The van der Waals surface area contributed by atoms with Gasteiger partial charge >= 0.3 is 6.09 Å². The molecule has 0 saturated carbocycles. The summed E-state index contributed by atoms with van der Waals surface area (Å²) in [6, 6.07) is 16.3. The fourth-order valence-corrected chi connectivity index (χ4v) is 3.82. The van der Waals surface area contributed by atoms with Crippen LogP contribution in [0, 0.1) is 21.4 Å². The average Bonchev–Trinajstić information content (AvgIpc) is 2.76. The summed E-state index contributed by atoms with van der Waals surface area (Å²) in [6.45, 7) is 7.25. The van der Waals surface area contributed by atoms with Crippen LogP contribution in [-0.4, -0.2) is 40.6 Å². The van der Waals surface area contributed by atoms with Gasteiger partial charge in [-0.1, -0.05) is 12.1 Å². The van der Waals surface area contributed by atoms with Gasteiger partial charge in [-0.05, 0) is 63.4 Å². The van der Waals surface area contributed by atoms with E-state index in [0.717, 1.165) is 24.1 Å². The molecule has 8 heteroatoms. The first-order chi connectivity index (χ1) is 15.2. The number of rotatable bonds is 5. The molecular formula is C24H28N4O4. The Hall–Kier alpha value is -3.60. The van der Waals surface area contributed by atoms with Gasteiger partial charge in [0.2, 0.25) is 0 Å². The Kier molecular flexibility index (Phi) is 6.98. The molecule has 2 aromatic carbocycles. The zero-order chi connectivity index (χ0) is 23.3. The highest BCUT2D eigenvalue weighted by atomic mass is 16.6. The SMILES string of the molecule is CC(C)(C)OC(=O)N1CCC(N(Cc2cccc(C#N)c2)c2ccc([N+](=O)[O-])cc2)CC1. The van der Waals surface area contributed by atoms with E-state index < -0.39 is 10.5 Å². The number of carbonyl (C=O) groups excluding carboxylic acids is 1. The van der Waals surface area contributed by atoms with Crippen LogP contribution in [0.15, 0.2) is 48.5 Å². The molecule has 1 aliphatic rings. The standard InChI is InChI=1S/C24H28N4O4/c1-24(2,3)32-23(29)26-13-11-21(12-14-26)27(17-19-6-4-5-18(15-19)16-25)20-7-9-22(10-8-20)28(30)31/h4-10,15,21H,11-14,17H2,1-3H3. The molecule has 1 aliphatic heterocycles. The van der Waals surface area contributed by atoms with Gasteiger partial charge in [-0.2, -0.15) is 5.26 Å². The Bertz CT molecular complexity index is 1000. The third kappa shape index (κ3) is 5.97. The van der Waals surface area contributed by atoms with Crippen molar-refractivity contribution in [1.82, 2.24) is 4.90 Å².